The summed E-state index contributed by atoms with van der Waals surface area (Å²) in [5, 5.41) is 2.95. The third kappa shape index (κ3) is 5.96. The lowest BCUT2D eigenvalue weighted by Gasteiger charge is -2.34. The monoisotopic (exact) mass is 385 g/mol. The van der Waals surface area contributed by atoms with Gasteiger partial charge < -0.3 is 15.0 Å². The second-order valence-electron chi connectivity index (χ2n) is 7.33. The molecule has 1 saturated heterocycles. The van der Waals surface area contributed by atoms with E-state index in [9.17, 15) is 9.18 Å². The van der Waals surface area contributed by atoms with Crippen molar-refractivity contribution in [1.29, 1.82) is 0 Å². The van der Waals surface area contributed by atoms with Gasteiger partial charge in [-0.1, -0.05) is 12.1 Å². The number of amides is 2. The normalized spacial score (nSPS) is 14.9. The molecule has 1 aliphatic heterocycles. The number of carbonyl (C=O) groups is 1. The number of hydrogen-bond donors (Lipinski definition) is 1. The van der Waals surface area contributed by atoms with E-state index in [1.165, 1.54) is 12.1 Å². The van der Waals surface area contributed by atoms with Crippen molar-refractivity contribution in [2.75, 3.05) is 38.0 Å². The van der Waals surface area contributed by atoms with Crippen LogP contribution >= 0.6 is 0 Å². The third-order valence-electron chi connectivity index (χ3n) is 4.77. The number of hydrogen-bond acceptors (Lipinski definition) is 3. The van der Waals surface area contributed by atoms with Crippen LogP contribution in [0.5, 0.6) is 5.75 Å². The molecule has 6 heteroatoms. The minimum atomic E-state index is -0.203. The van der Waals surface area contributed by atoms with Gasteiger partial charge in [0, 0.05) is 38.4 Å². The first-order valence-corrected chi connectivity index (χ1v) is 9.79. The molecule has 0 unspecified atom stereocenters. The standard InChI is InChI=1S/C22H28FN3O2/c1-17(2)28-21-9-7-20(8-10-21)24-22(27)26-15-13-25(14-16-26)12-11-18-3-5-19(23)6-4-18/h3-10,17H,11-16H2,1-2H3,(H,24,27). The number of nitrogens with one attached hydrogen (secondary N) is 1. The highest BCUT2D eigenvalue weighted by Crippen LogP contribution is 2.17. The van der Waals surface area contributed by atoms with E-state index in [1.54, 1.807) is 0 Å². The molecular formula is C22H28FN3O2. The fourth-order valence-corrected chi connectivity index (χ4v) is 3.20. The molecule has 2 aromatic carbocycles. The summed E-state index contributed by atoms with van der Waals surface area (Å²) in [4.78, 5) is 16.7. The molecule has 1 fully saturated rings. The topological polar surface area (TPSA) is 44.8 Å². The molecule has 0 radical (unpaired) electrons. The van der Waals surface area contributed by atoms with E-state index in [4.69, 9.17) is 4.74 Å². The van der Waals surface area contributed by atoms with Crippen molar-refractivity contribution in [2.45, 2.75) is 26.4 Å². The van der Waals surface area contributed by atoms with Crippen LogP contribution in [0.15, 0.2) is 48.5 Å². The number of rotatable bonds is 6. The van der Waals surface area contributed by atoms with Gasteiger partial charge in [-0.15, -0.1) is 0 Å². The Bertz CT molecular complexity index is 754. The van der Waals surface area contributed by atoms with Crippen LogP contribution in [0, 0.1) is 5.82 Å². The van der Waals surface area contributed by atoms with Crippen molar-refractivity contribution in [3.63, 3.8) is 0 Å². The van der Waals surface area contributed by atoms with Crippen molar-refractivity contribution >= 4 is 11.7 Å². The first kappa shape index (κ1) is 20.1. The molecular weight excluding hydrogens is 357 g/mol. The lowest BCUT2D eigenvalue weighted by atomic mass is 10.1. The maximum Gasteiger partial charge on any atom is 0.321 e. The number of halogens is 1. The van der Waals surface area contributed by atoms with Crippen molar-refractivity contribution in [1.82, 2.24) is 9.80 Å². The number of nitrogens with zero attached hydrogens (tertiary/aromatic N) is 2. The molecule has 0 aromatic heterocycles. The third-order valence-corrected chi connectivity index (χ3v) is 4.77. The minimum absolute atomic E-state index is 0.0734. The molecule has 3 rings (SSSR count). The van der Waals surface area contributed by atoms with Crippen LogP contribution in [-0.2, 0) is 6.42 Å². The molecule has 0 aliphatic carbocycles. The molecule has 0 saturated carbocycles. The predicted octanol–water partition coefficient (Wildman–Crippen LogP) is 4.01. The van der Waals surface area contributed by atoms with Crippen molar-refractivity contribution in [3.8, 4) is 5.75 Å². The Balaban J connectivity index is 1.41. The minimum Gasteiger partial charge on any atom is -0.491 e. The van der Waals surface area contributed by atoms with E-state index in [0.29, 0.717) is 13.1 Å². The molecule has 150 valence electrons. The van der Waals surface area contributed by atoms with Gasteiger partial charge in [0.15, 0.2) is 0 Å². The Hall–Kier alpha value is -2.60. The van der Waals surface area contributed by atoms with Gasteiger partial charge in [-0.3, -0.25) is 4.90 Å². The summed E-state index contributed by atoms with van der Waals surface area (Å²) in [6, 6.07) is 14.0. The van der Waals surface area contributed by atoms with Gasteiger partial charge in [0.2, 0.25) is 0 Å². The number of piperazine rings is 1. The van der Waals surface area contributed by atoms with E-state index in [2.05, 4.69) is 10.2 Å². The lowest BCUT2D eigenvalue weighted by Crippen LogP contribution is -2.50. The highest BCUT2D eigenvalue weighted by molar-refractivity contribution is 5.89. The first-order chi connectivity index (χ1) is 13.5. The predicted molar refractivity (Wildman–Crippen MR) is 109 cm³/mol. The number of carbonyl (C=O) groups excluding carboxylic acids is 1. The molecule has 28 heavy (non-hydrogen) atoms. The average molecular weight is 385 g/mol. The average Bonchev–Trinajstić information content (AvgIpc) is 2.69. The Labute approximate surface area is 166 Å². The quantitative estimate of drug-likeness (QED) is 0.817. The molecule has 1 N–H and O–H groups in total. The number of ether oxygens (including phenoxy) is 1. The summed E-state index contributed by atoms with van der Waals surface area (Å²) in [6.07, 6.45) is 1.01. The number of urea groups is 1. The van der Waals surface area contributed by atoms with Gasteiger partial charge in [-0.25, -0.2) is 9.18 Å². The molecule has 5 nitrogen and oxygen atoms in total. The smallest absolute Gasteiger partial charge is 0.321 e. The summed E-state index contributed by atoms with van der Waals surface area (Å²) >= 11 is 0. The Kier molecular flexibility index (Phi) is 6.87. The van der Waals surface area contributed by atoms with Crippen LogP contribution in [0.2, 0.25) is 0 Å². The highest BCUT2D eigenvalue weighted by Gasteiger charge is 2.21. The largest absolute Gasteiger partial charge is 0.491 e. The fraction of sp³-hybridized carbons (Fsp3) is 0.409. The molecule has 0 atom stereocenters. The van der Waals surface area contributed by atoms with Gasteiger partial charge in [-0.2, -0.15) is 0 Å². The molecule has 2 aromatic rings. The first-order valence-electron chi connectivity index (χ1n) is 9.79. The molecule has 0 spiro atoms. The van der Waals surface area contributed by atoms with Crippen LogP contribution in [-0.4, -0.2) is 54.7 Å². The molecule has 2 amide bonds. The van der Waals surface area contributed by atoms with E-state index in [1.807, 2.05) is 55.1 Å². The number of benzene rings is 2. The van der Waals surface area contributed by atoms with Gasteiger partial charge >= 0.3 is 6.03 Å². The van der Waals surface area contributed by atoms with E-state index in [0.717, 1.165) is 43.1 Å². The van der Waals surface area contributed by atoms with Gasteiger partial charge in [-0.05, 0) is 62.2 Å². The summed E-state index contributed by atoms with van der Waals surface area (Å²) in [6.45, 7) is 7.96. The summed E-state index contributed by atoms with van der Waals surface area (Å²) < 4.78 is 18.6. The summed E-state index contributed by atoms with van der Waals surface area (Å²) in [7, 11) is 0. The van der Waals surface area contributed by atoms with Gasteiger partial charge in [0.05, 0.1) is 6.10 Å². The molecule has 1 aliphatic rings. The van der Waals surface area contributed by atoms with Gasteiger partial charge in [0.25, 0.3) is 0 Å². The van der Waals surface area contributed by atoms with Crippen molar-refractivity contribution in [3.05, 3.63) is 59.9 Å². The van der Waals surface area contributed by atoms with Crippen LogP contribution in [0.25, 0.3) is 0 Å². The maximum atomic E-state index is 13.0. The van der Waals surface area contributed by atoms with Crippen LogP contribution in [0.4, 0.5) is 14.9 Å². The number of anilines is 1. The van der Waals surface area contributed by atoms with Crippen LogP contribution in [0.1, 0.15) is 19.4 Å². The zero-order valence-electron chi connectivity index (χ0n) is 16.5. The van der Waals surface area contributed by atoms with Crippen LogP contribution in [0.3, 0.4) is 0 Å². The zero-order valence-corrected chi connectivity index (χ0v) is 16.5. The van der Waals surface area contributed by atoms with Crippen molar-refractivity contribution in [2.24, 2.45) is 0 Å². The Morgan fingerprint density at radius 1 is 1.04 bits per heavy atom. The molecule has 1 heterocycles. The maximum absolute atomic E-state index is 13.0. The van der Waals surface area contributed by atoms with E-state index >= 15 is 0 Å². The Morgan fingerprint density at radius 3 is 2.29 bits per heavy atom. The van der Waals surface area contributed by atoms with E-state index < -0.39 is 0 Å². The fourth-order valence-electron chi connectivity index (χ4n) is 3.20. The Morgan fingerprint density at radius 2 is 1.68 bits per heavy atom. The van der Waals surface area contributed by atoms with Crippen LogP contribution < -0.4 is 10.1 Å². The van der Waals surface area contributed by atoms with E-state index in [-0.39, 0.29) is 18.0 Å². The summed E-state index contributed by atoms with van der Waals surface area (Å²) in [5.41, 5.74) is 1.89. The SMILES string of the molecule is CC(C)Oc1ccc(NC(=O)N2CCN(CCc3ccc(F)cc3)CC2)cc1. The highest BCUT2D eigenvalue weighted by atomic mass is 19.1. The van der Waals surface area contributed by atoms with Crippen molar-refractivity contribution < 1.29 is 13.9 Å². The second-order valence-corrected chi connectivity index (χ2v) is 7.33. The van der Waals surface area contributed by atoms with Gasteiger partial charge in [0.1, 0.15) is 11.6 Å². The zero-order chi connectivity index (χ0) is 19.9. The second kappa shape index (κ2) is 9.55. The lowest BCUT2D eigenvalue weighted by molar-refractivity contribution is 0.148. The summed E-state index contributed by atoms with van der Waals surface area (Å²) in [5.74, 6) is 0.591. The molecule has 0 bridgehead atoms.